The van der Waals surface area contributed by atoms with Crippen LogP contribution >= 0.6 is 0 Å². The summed E-state index contributed by atoms with van der Waals surface area (Å²) < 4.78 is 24.4. The molecule has 0 N–H and O–H groups in total. The van der Waals surface area contributed by atoms with Crippen molar-refractivity contribution in [3.63, 3.8) is 0 Å². The third-order valence-electron chi connectivity index (χ3n) is 5.29. The molecule has 0 radical (unpaired) electrons. The monoisotopic (exact) mass is 440 g/mol. The maximum atomic E-state index is 6.33. The zero-order valence-corrected chi connectivity index (χ0v) is 18.9. The molecule has 4 rings (SSSR count). The molecule has 0 amide bonds. The van der Waals surface area contributed by atoms with Gasteiger partial charge in [-0.15, -0.1) is 0 Å². The van der Waals surface area contributed by atoms with Crippen molar-refractivity contribution in [2.24, 2.45) is 0 Å². The molecule has 0 aliphatic carbocycles. The van der Waals surface area contributed by atoms with E-state index in [1.165, 1.54) is 0 Å². The first-order valence-corrected chi connectivity index (χ1v) is 11.2. The summed E-state index contributed by atoms with van der Waals surface area (Å²) >= 11 is 0. The molecule has 168 valence electrons. The normalized spacial score (nSPS) is 11.0. The van der Waals surface area contributed by atoms with Crippen molar-refractivity contribution in [1.29, 1.82) is 0 Å². The Balaban J connectivity index is 1.41. The molecule has 4 aromatic carbocycles. The second kappa shape index (κ2) is 10.6. The van der Waals surface area contributed by atoms with E-state index < -0.39 is 5.79 Å². The maximum absolute atomic E-state index is 6.33. The molecule has 0 aromatic heterocycles. The maximum Gasteiger partial charge on any atom is 0.250 e. The summed E-state index contributed by atoms with van der Waals surface area (Å²) in [6, 6.07) is 34.6. The lowest BCUT2D eigenvalue weighted by molar-refractivity contribution is -0.118. The van der Waals surface area contributed by atoms with Crippen LogP contribution in [0.5, 0.6) is 34.5 Å². The Morgan fingerprint density at radius 1 is 0.424 bits per heavy atom. The van der Waals surface area contributed by atoms with Crippen LogP contribution in [0.3, 0.4) is 0 Å². The molecular formula is C29H28O4. The topological polar surface area (TPSA) is 36.9 Å². The zero-order chi connectivity index (χ0) is 22.9. The van der Waals surface area contributed by atoms with Crippen LogP contribution in [0.25, 0.3) is 0 Å². The van der Waals surface area contributed by atoms with Crippen molar-refractivity contribution in [1.82, 2.24) is 0 Å². The van der Waals surface area contributed by atoms with E-state index in [0.29, 0.717) is 12.8 Å². The van der Waals surface area contributed by atoms with Crippen LogP contribution < -0.4 is 18.9 Å². The molecule has 0 aliphatic heterocycles. The highest BCUT2D eigenvalue weighted by molar-refractivity contribution is 5.37. The van der Waals surface area contributed by atoms with Crippen molar-refractivity contribution in [3.05, 3.63) is 109 Å². The minimum atomic E-state index is -0.774. The Labute approximate surface area is 195 Å². The second-order valence-electron chi connectivity index (χ2n) is 7.59. The highest BCUT2D eigenvalue weighted by Crippen LogP contribution is 2.32. The molecule has 0 spiro atoms. The van der Waals surface area contributed by atoms with Crippen LogP contribution in [0.15, 0.2) is 109 Å². The van der Waals surface area contributed by atoms with Crippen LogP contribution in [0, 0.1) is 0 Å². The highest BCUT2D eigenvalue weighted by atomic mass is 16.7. The third kappa shape index (κ3) is 6.07. The molecule has 0 saturated heterocycles. The number of hydrogen-bond donors (Lipinski definition) is 0. The number of para-hydroxylation sites is 2. The molecule has 0 aliphatic rings. The van der Waals surface area contributed by atoms with Gasteiger partial charge in [-0.1, -0.05) is 50.2 Å². The summed E-state index contributed by atoms with van der Waals surface area (Å²) in [5.74, 6) is 3.77. The molecule has 0 unspecified atom stereocenters. The van der Waals surface area contributed by atoms with Crippen molar-refractivity contribution in [3.8, 4) is 34.5 Å². The van der Waals surface area contributed by atoms with Gasteiger partial charge in [0.1, 0.15) is 34.5 Å². The van der Waals surface area contributed by atoms with E-state index in [1.807, 2.05) is 109 Å². The van der Waals surface area contributed by atoms with E-state index in [-0.39, 0.29) is 0 Å². The van der Waals surface area contributed by atoms with Gasteiger partial charge in [0.05, 0.1) is 0 Å². The predicted octanol–water partition coefficient (Wildman–Crippen LogP) is 8.25. The van der Waals surface area contributed by atoms with Gasteiger partial charge in [-0.05, 0) is 72.8 Å². The molecule has 0 heterocycles. The number of hydrogen-bond acceptors (Lipinski definition) is 4. The minimum absolute atomic E-state index is 0.689. The lowest BCUT2D eigenvalue weighted by Gasteiger charge is -2.33. The van der Waals surface area contributed by atoms with Crippen molar-refractivity contribution in [2.45, 2.75) is 32.5 Å². The van der Waals surface area contributed by atoms with Gasteiger partial charge >= 0.3 is 0 Å². The van der Waals surface area contributed by atoms with Crippen LogP contribution in [-0.2, 0) is 0 Å². The first kappa shape index (κ1) is 22.3. The van der Waals surface area contributed by atoms with E-state index in [9.17, 15) is 0 Å². The average Bonchev–Trinajstić information content (AvgIpc) is 2.87. The summed E-state index contributed by atoms with van der Waals surface area (Å²) in [6.45, 7) is 4.12. The summed E-state index contributed by atoms with van der Waals surface area (Å²) in [6.07, 6.45) is 1.38. The van der Waals surface area contributed by atoms with Crippen molar-refractivity contribution in [2.75, 3.05) is 0 Å². The molecule has 0 atom stereocenters. The fourth-order valence-corrected chi connectivity index (χ4v) is 3.39. The minimum Gasteiger partial charge on any atom is -0.457 e. The molecule has 0 saturated carbocycles. The standard InChI is InChI=1S/C29H28O4/c1-3-29(4-2,32-27-19-15-25(16-20-27)30-23-11-7-5-8-12-23)33-28-21-17-26(18-22-28)31-24-13-9-6-10-14-24/h5-22H,3-4H2,1-2H3. The van der Waals surface area contributed by atoms with E-state index in [0.717, 1.165) is 34.5 Å². The van der Waals surface area contributed by atoms with Gasteiger partial charge in [0.2, 0.25) is 0 Å². The molecule has 0 bridgehead atoms. The van der Waals surface area contributed by atoms with Crippen LogP contribution in [0.2, 0.25) is 0 Å². The average molecular weight is 441 g/mol. The molecule has 4 nitrogen and oxygen atoms in total. The molecule has 33 heavy (non-hydrogen) atoms. The van der Waals surface area contributed by atoms with Crippen LogP contribution in [0.4, 0.5) is 0 Å². The van der Waals surface area contributed by atoms with Gasteiger partial charge in [-0.25, -0.2) is 0 Å². The molecular weight excluding hydrogens is 412 g/mol. The van der Waals surface area contributed by atoms with E-state index >= 15 is 0 Å². The smallest absolute Gasteiger partial charge is 0.250 e. The Morgan fingerprint density at radius 3 is 1.06 bits per heavy atom. The SMILES string of the molecule is CCC(CC)(Oc1ccc(Oc2ccccc2)cc1)Oc1ccc(Oc2ccccc2)cc1. The summed E-state index contributed by atoms with van der Waals surface area (Å²) in [7, 11) is 0. The lowest BCUT2D eigenvalue weighted by atomic mass is 10.1. The van der Waals surface area contributed by atoms with Crippen LogP contribution in [-0.4, -0.2) is 5.79 Å². The van der Waals surface area contributed by atoms with E-state index in [1.54, 1.807) is 0 Å². The first-order valence-electron chi connectivity index (χ1n) is 11.2. The lowest BCUT2D eigenvalue weighted by Crippen LogP contribution is -2.41. The van der Waals surface area contributed by atoms with Gasteiger partial charge in [0.15, 0.2) is 0 Å². The first-order chi connectivity index (χ1) is 16.2. The second-order valence-corrected chi connectivity index (χ2v) is 7.59. The predicted molar refractivity (Wildman–Crippen MR) is 130 cm³/mol. The van der Waals surface area contributed by atoms with Gasteiger partial charge in [0.25, 0.3) is 5.79 Å². The van der Waals surface area contributed by atoms with Gasteiger partial charge in [-0.3, -0.25) is 0 Å². The number of benzene rings is 4. The van der Waals surface area contributed by atoms with Crippen molar-refractivity contribution < 1.29 is 18.9 Å². The Kier molecular flexibility index (Phi) is 7.16. The van der Waals surface area contributed by atoms with Gasteiger partial charge in [0, 0.05) is 12.8 Å². The number of rotatable bonds is 10. The van der Waals surface area contributed by atoms with Gasteiger partial charge < -0.3 is 18.9 Å². The van der Waals surface area contributed by atoms with Gasteiger partial charge in [-0.2, -0.15) is 0 Å². The Hall–Kier alpha value is -3.92. The quantitative estimate of drug-likeness (QED) is 0.233. The van der Waals surface area contributed by atoms with E-state index in [4.69, 9.17) is 18.9 Å². The fraction of sp³-hybridized carbons (Fsp3) is 0.172. The largest absolute Gasteiger partial charge is 0.457 e. The van der Waals surface area contributed by atoms with Crippen LogP contribution in [0.1, 0.15) is 26.7 Å². The van der Waals surface area contributed by atoms with Crippen molar-refractivity contribution >= 4 is 0 Å². The molecule has 0 fully saturated rings. The summed E-state index contributed by atoms with van der Waals surface area (Å²) in [5.41, 5.74) is 0. The summed E-state index contributed by atoms with van der Waals surface area (Å²) in [4.78, 5) is 0. The fourth-order valence-electron chi connectivity index (χ4n) is 3.39. The zero-order valence-electron chi connectivity index (χ0n) is 18.9. The Morgan fingerprint density at radius 2 is 0.727 bits per heavy atom. The summed E-state index contributed by atoms with van der Waals surface area (Å²) in [5, 5.41) is 0. The highest BCUT2D eigenvalue weighted by Gasteiger charge is 2.31. The third-order valence-corrected chi connectivity index (χ3v) is 5.29. The number of ether oxygens (including phenoxy) is 4. The Bertz CT molecular complexity index is 1010. The molecule has 4 aromatic rings. The van der Waals surface area contributed by atoms with E-state index in [2.05, 4.69) is 13.8 Å². The molecule has 4 heteroatoms.